The maximum Gasteiger partial charge on any atom is 0.321 e. The van der Waals surface area contributed by atoms with Gasteiger partial charge in [0.2, 0.25) is 0 Å². The van der Waals surface area contributed by atoms with Crippen LogP contribution in [0.5, 0.6) is 0 Å². The Morgan fingerprint density at radius 1 is 1.62 bits per heavy atom. The lowest BCUT2D eigenvalue weighted by Gasteiger charge is -2.16. The molecule has 1 N–H and O–H groups in total. The largest absolute Gasteiger partial charge is 0.328 e. The van der Waals surface area contributed by atoms with Gasteiger partial charge in [-0.3, -0.25) is 0 Å². The van der Waals surface area contributed by atoms with Crippen LogP contribution >= 0.6 is 15.9 Å². The SMILES string of the molecule is CCN(C)C(=O)Nc1cc(Br)ccc1C#N. The van der Waals surface area contributed by atoms with Gasteiger partial charge in [-0.15, -0.1) is 0 Å². The third-order valence-corrected chi connectivity index (χ3v) is 2.66. The van der Waals surface area contributed by atoms with Crippen LogP contribution in [0.2, 0.25) is 0 Å². The highest BCUT2D eigenvalue weighted by Gasteiger charge is 2.09. The molecule has 0 atom stereocenters. The van der Waals surface area contributed by atoms with Gasteiger partial charge in [0, 0.05) is 18.1 Å². The van der Waals surface area contributed by atoms with Crippen molar-refractivity contribution in [3.05, 3.63) is 28.2 Å². The first-order chi connectivity index (χ1) is 7.58. The van der Waals surface area contributed by atoms with Crippen molar-refractivity contribution in [1.29, 1.82) is 5.26 Å². The number of hydrogen-bond acceptors (Lipinski definition) is 2. The van der Waals surface area contributed by atoms with Gasteiger partial charge in [-0.25, -0.2) is 4.79 Å². The predicted octanol–water partition coefficient (Wildman–Crippen LogP) is 2.80. The van der Waals surface area contributed by atoms with E-state index >= 15 is 0 Å². The van der Waals surface area contributed by atoms with Crippen molar-refractivity contribution in [1.82, 2.24) is 4.90 Å². The molecular formula is C11H12BrN3O. The zero-order valence-corrected chi connectivity index (χ0v) is 10.7. The third-order valence-electron chi connectivity index (χ3n) is 2.16. The van der Waals surface area contributed by atoms with Gasteiger partial charge < -0.3 is 10.2 Å². The quantitative estimate of drug-likeness (QED) is 0.906. The van der Waals surface area contributed by atoms with Crippen LogP contribution in [-0.4, -0.2) is 24.5 Å². The van der Waals surface area contributed by atoms with Gasteiger partial charge in [0.1, 0.15) is 6.07 Å². The molecule has 0 saturated carbocycles. The molecule has 0 aliphatic heterocycles. The number of halogens is 1. The van der Waals surface area contributed by atoms with Crippen LogP contribution in [0.3, 0.4) is 0 Å². The molecule has 0 spiro atoms. The second-order valence-electron chi connectivity index (χ2n) is 3.25. The topological polar surface area (TPSA) is 56.1 Å². The third kappa shape index (κ3) is 2.97. The molecule has 0 heterocycles. The van der Waals surface area contributed by atoms with E-state index in [-0.39, 0.29) is 6.03 Å². The number of nitriles is 1. The molecule has 0 aromatic heterocycles. The number of carbonyl (C=O) groups excluding carboxylic acids is 1. The van der Waals surface area contributed by atoms with Gasteiger partial charge in [0.25, 0.3) is 0 Å². The molecule has 0 saturated heterocycles. The lowest BCUT2D eigenvalue weighted by Crippen LogP contribution is -2.31. The van der Waals surface area contributed by atoms with E-state index in [1.54, 1.807) is 25.2 Å². The van der Waals surface area contributed by atoms with Gasteiger partial charge in [-0.1, -0.05) is 15.9 Å². The second kappa shape index (κ2) is 5.52. The fraction of sp³-hybridized carbons (Fsp3) is 0.273. The Bertz CT molecular complexity index is 439. The molecule has 0 aliphatic rings. The first-order valence-corrected chi connectivity index (χ1v) is 5.59. The number of benzene rings is 1. The van der Waals surface area contributed by atoms with E-state index in [9.17, 15) is 4.79 Å². The van der Waals surface area contributed by atoms with Crippen molar-refractivity contribution in [2.24, 2.45) is 0 Å². The molecule has 2 amide bonds. The fourth-order valence-corrected chi connectivity index (χ4v) is 1.43. The maximum atomic E-state index is 11.6. The number of hydrogen-bond donors (Lipinski definition) is 1. The lowest BCUT2D eigenvalue weighted by molar-refractivity contribution is 0.224. The smallest absolute Gasteiger partial charge is 0.321 e. The van der Waals surface area contributed by atoms with Crippen molar-refractivity contribution in [3.8, 4) is 6.07 Å². The highest BCUT2D eigenvalue weighted by Crippen LogP contribution is 2.20. The molecule has 84 valence electrons. The minimum atomic E-state index is -0.225. The van der Waals surface area contributed by atoms with Crippen molar-refractivity contribution in [3.63, 3.8) is 0 Å². The van der Waals surface area contributed by atoms with Crippen LogP contribution < -0.4 is 5.32 Å². The number of amides is 2. The molecule has 0 bridgehead atoms. The van der Waals surface area contributed by atoms with E-state index in [0.717, 1.165) is 4.47 Å². The first-order valence-electron chi connectivity index (χ1n) is 4.80. The van der Waals surface area contributed by atoms with E-state index in [4.69, 9.17) is 5.26 Å². The van der Waals surface area contributed by atoms with Crippen LogP contribution in [0, 0.1) is 11.3 Å². The summed E-state index contributed by atoms with van der Waals surface area (Å²) in [5.74, 6) is 0. The first kappa shape index (κ1) is 12.5. The van der Waals surface area contributed by atoms with E-state index < -0.39 is 0 Å². The molecule has 16 heavy (non-hydrogen) atoms. The molecule has 0 aliphatic carbocycles. The second-order valence-corrected chi connectivity index (χ2v) is 4.16. The summed E-state index contributed by atoms with van der Waals surface area (Å²) in [7, 11) is 1.69. The Hall–Kier alpha value is -1.54. The van der Waals surface area contributed by atoms with Crippen LogP contribution in [-0.2, 0) is 0 Å². The summed E-state index contributed by atoms with van der Waals surface area (Å²) >= 11 is 3.30. The summed E-state index contributed by atoms with van der Waals surface area (Å²) in [5.41, 5.74) is 0.961. The zero-order chi connectivity index (χ0) is 12.1. The number of nitrogens with one attached hydrogen (secondary N) is 1. The molecule has 1 rings (SSSR count). The van der Waals surface area contributed by atoms with E-state index in [1.807, 2.05) is 13.0 Å². The number of carbonyl (C=O) groups is 1. The predicted molar refractivity (Wildman–Crippen MR) is 66.2 cm³/mol. The van der Waals surface area contributed by atoms with E-state index in [1.165, 1.54) is 4.90 Å². The van der Waals surface area contributed by atoms with Gasteiger partial charge >= 0.3 is 6.03 Å². The highest BCUT2D eigenvalue weighted by atomic mass is 79.9. The minimum absolute atomic E-state index is 0.225. The monoisotopic (exact) mass is 281 g/mol. The average Bonchev–Trinajstić information content (AvgIpc) is 2.28. The standard InChI is InChI=1S/C11H12BrN3O/c1-3-15(2)11(16)14-10-6-9(12)5-4-8(10)7-13/h4-6H,3H2,1-2H3,(H,14,16). The molecular weight excluding hydrogens is 270 g/mol. The van der Waals surface area contributed by atoms with Crippen molar-refractivity contribution < 1.29 is 4.79 Å². The molecule has 1 aromatic carbocycles. The molecule has 1 aromatic rings. The van der Waals surface area contributed by atoms with Gasteiger partial charge in [-0.05, 0) is 25.1 Å². The summed E-state index contributed by atoms with van der Waals surface area (Å²) in [6.45, 7) is 2.49. The van der Waals surface area contributed by atoms with Crippen molar-refractivity contribution in [2.45, 2.75) is 6.92 Å². The molecule has 5 heteroatoms. The zero-order valence-electron chi connectivity index (χ0n) is 9.12. The Labute approximate surface area is 103 Å². The summed E-state index contributed by atoms with van der Waals surface area (Å²) in [6.07, 6.45) is 0. The average molecular weight is 282 g/mol. The summed E-state index contributed by atoms with van der Waals surface area (Å²) < 4.78 is 0.820. The minimum Gasteiger partial charge on any atom is -0.328 e. The lowest BCUT2D eigenvalue weighted by atomic mass is 10.2. The number of rotatable bonds is 2. The van der Waals surface area contributed by atoms with E-state index in [0.29, 0.717) is 17.8 Å². The Morgan fingerprint density at radius 3 is 2.88 bits per heavy atom. The Balaban J connectivity index is 2.92. The van der Waals surface area contributed by atoms with Crippen LogP contribution in [0.4, 0.5) is 10.5 Å². The van der Waals surface area contributed by atoms with Crippen LogP contribution in [0.25, 0.3) is 0 Å². The van der Waals surface area contributed by atoms with Crippen LogP contribution in [0.1, 0.15) is 12.5 Å². The van der Waals surface area contributed by atoms with Crippen LogP contribution in [0.15, 0.2) is 22.7 Å². The maximum absolute atomic E-state index is 11.6. The summed E-state index contributed by atoms with van der Waals surface area (Å²) in [4.78, 5) is 13.1. The molecule has 0 unspecified atom stereocenters. The van der Waals surface area contributed by atoms with Gasteiger partial charge in [0.05, 0.1) is 11.3 Å². The summed E-state index contributed by atoms with van der Waals surface area (Å²) in [6, 6.07) is 6.93. The van der Waals surface area contributed by atoms with E-state index in [2.05, 4.69) is 21.2 Å². The Morgan fingerprint density at radius 2 is 2.31 bits per heavy atom. The Kier molecular flexibility index (Phi) is 4.32. The fourth-order valence-electron chi connectivity index (χ4n) is 1.07. The summed E-state index contributed by atoms with van der Waals surface area (Å²) in [5, 5.41) is 11.6. The highest BCUT2D eigenvalue weighted by molar-refractivity contribution is 9.10. The molecule has 0 radical (unpaired) electrons. The number of anilines is 1. The number of urea groups is 1. The van der Waals surface area contributed by atoms with Crippen molar-refractivity contribution in [2.75, 3.05) is 18.9 Å². The van der Waals surface area contributed by atoms with Gasteiger partial charge in [-0.2, -0.15) is 5.26 Å². The molecule has 4 nitrogen and oxygen atoms in total. The normalized spacial score (nSPS) is 9.38. The molecule has 0 fully saturated rings. The van der Waals surface area contributed by atoms with Crippen molar-refractivity contribution >= 4 is 27.6 Å². The van der Waals surface area contributed by atoms with Gasteiger partial charge in [0.15, 0.2) is 0 Å². The number of nitrogens with zero attached hydrogens (tertiary/aromatic N) is 2.